The summed E-state index contributed by atoms with van der Waals surface area (Å²) in [6.45, 7) is 27.0. The summed E-state index contributed by atoms with van der Waals surface area (Å²) in [7, 11) is 0. The average Bonchev–Trinajstić information content (AvgIpc) is 3.42. The number of hydrogen-bond donors (Lipinski definition) is 1. The first-order chi connectivity index (χ1) is 23.2. The first-order valence-electron chi connectivity index (χ1n) is 17.7. The molecule has 0 saturated heterocycles. The summed E-state index contributed by atoms with van der Waals surface area (Å²) in [5.41, 5.74) is 11.9. The topological polar surface area (TPSA) is 50.9 Å². The molecule has 51 heavy (non-hydrogen) atoms. The van der Waals surface area contributed by atoms with Gasteiger partial charge in [0, 0.05) is 33.0 Å². The Kier molecular flexibility index (Phi) is 10.1. The minimum absolute atomic E-state index is 0. The Hall–Kier alpha value is -4.01. The van der Waals surface area contributed by atoms with Gasteiger partial charge in [0.15, 0.2) is 0 Å². The monoisotopic (exact) mass is 857 g/mol. The molecule has 0 unspecified atom stereocenters. The second kappa shape index (κ2) is 13.5. The summed E-state index contributed by atoms with van der Waals surface area (Å²) in [5.74, 6) is 0.907. The standard InChI is InChI=1S/C46H52N3O.Pt/c1-43(2,3)31-23-24-47-37(28-31)30-25-29(26-32(27-30)44(4,5)6)33-18-15-21-38-40(33)48-42(34-17-13-14-22-39(34)50)49(38)41-35(45(7,8)9)19-16-20-36(41)46(10,11)12;/h13-24,26-28,50H,1-12H3;/q-1;. The SMILES string of the molecule is CC(C)(C)c1cc(-c2cc(C(C)(C)C)ccn2)[c-]c(-c2cccc3c2nc(-c2ccccc2O)n3-c2c(C(C)(C)C)cccc2C(C)(C)C)c1.[Pt]. The van der Waals surface area contributed by atoms with Gasteiger partial charge in [0.25, 0.3) is 0 Å². The molecule has 0 aliphatic rings. The number of fused-ring (bicyclic) bond motifs is 1. The van der Waals surface area contributed by atoms with Crippen molar-refractivity contribution in [2.75, 3.05) is 0 Å². The zero-order valence-electron chi connectivity index (χ0n) is 32.3. The third kappa shape index (κ3) is 7.49. The molecule has 0 fully saturated rings. The third-order valence-electron chi connectivity index (χ3n) is 9.63. The number of aromatic nitrogens is 3. The molecule has 0 aliphatic heterocycles. The van der Waals surface area contributed by atoms with Crippen LogP contribution in [0.3, 0.4) is 0 Å². The van der Waals surface area contributed by atoms with E-state index in [1.54, 1.807) is 6.07 Å². The predicted molar refractivity (Wildman–Crippen MR) is 210 cm³/mol. The maximum atomic E-state index is 11.3. The van der Waals surface area contributed by atoms with Gasteiger partial charge in [-0.3, -0.25) is 9.55 Å². The summed E-state index contributed by atoms with van der Waals surface area (Å²) < 4.78 is 2.29. The summed E-state index contributed by atoms with van der Waals surface area (Å²) >= 11 is 0. The van der Waals surface area contributed by atoms with E-state index < -0.39 is 0 Å². The van der Waals surface area contributed by atoms with Crippen molar-refractivity contribution in [1.82, 2.24) is 14.5 Å². The fourth-order valence-electron chi connectivity index (χ4n) is 6.71. The Morgan fingerprint density at radius 3 is 1.75 bits per heavy atom. The number of hydrogen-bond acceptors (Lipinski definition) is 3. The van der Waals surface area contributed by atoms with Crippen LogP contribution in [0.25, 0.3) is 50.5 Å². The first-order valence-corrected chi connectivity index (χ1v) is 17.7. The maximum absolute atomic E-state index is 11.3. The van der Waals surface area contributed by atoms with Gasteiger partial charge in [-0.15, -0.1) is 29.3 Å². The summed E-state index contributed by atoms with van der Waals surface area (Å²) in [5, 5.41) is 11.3. The van der Waals surface area contributed by atoms with Gasteiger partial charge in [0.2, 0.25) is 0 Å². The van der Waals surface area contributed by atoms with Crippen molar-refractivity contribution < 1.29 is 26.2 Å². The molecule has 268 valence electrons. The normalized spacial score (nSPS) is 12.6. The zero-order chi connectivity index (χ0) is 36.4. The van der Waals surface area contributed by atoms with Gasteiger partial charge < -0.3 is 5.11 Å². The molecule has 0 spiro atoms. The molecule has 0 saturated carbocycles. The van der Waals surface area contributed by atoms with E-state index in [1.807, 2.05) is 24.4 Å². The molecule has 0 amide bonds. The number of phenols is 1. The van der Waals surface area contributed by atoms with E-state index in [9.17, 15) is 5.11 Å². The van der Waals surface area contributed by atoms with Crippen LogP contribution in [0.1, 0.15) is 105 Å². The quantitative estimate of drug-likeness (QED) is 0.180. The van der Waals surface area contributed by atoms with Gasteiger partial charge in [-0.2, -0.15) is 0 Å². The van der Waals surface area contributed by atoms with Crippen molar-refractivity contribution in [2.45, 2.75) is 105 Å². The van der Waals surface area contributed by atoms with E-state index in [1.165, 1.54) is 22.3 Å². The summed E-state index contributed by atoms with van der Waals surface area (Å²) in [6.07, 6.45) is 1.91. The molecule has 6 rings (SSSR count). The molecule has 6 aromatic rings. The molecule has 1 N–H and O–H groups in total. The van der Waals surface area contributed by atoms with Crippen LogP contribution < -0.4 is 0 Å². The van der Waals surface area contributed by atoms with E-state index in [0.717, 1.165) is 39.1 Å². The summed E-state index contributed by atoms with van der Waals surface area (Å²) in [4.78, 5) is 10.3. The second-order valence-corrected chi connectivity index (χ2v) is 17.8. The largest absolute Gasteiger partial charge is 0.507 e. The molecule has 4 nitrogen and oxygen atoms in total. The van der Waals surface area contributed by atoms with Crippen LogP contribution in [0.5, 0.6) is 5.75 Å². The molecule has 5 heteroatoms. The number of pyridine rings is 1. The number of benzene rings is 4. The Labute approximate surface area is 319 Å². The van der Waals surface area contributed by atoms with Crippen LogP contribution in [0.4, 0.5) is 0 Å². The minimum atomic E-state index is -0.154. The Balaban J connectivity index is 0.00000504. The van der Waals surface area contributed by atoms with E-state index in [-0.39, 0.29) is 48.5 Å². The first kappa shape index (κ1) is 38.2. The number of imidazole rings is 1. The molecule has 0 radical (unpaired) electrons. The molecular formula is C46H52N3OPt-. The number of aromatic hydroxyl groups is 1. The molecule has 0 atom stereocenters. The third-order valence-corrected chi connectivity index (χ3v) is 9.63. The van der Waals surface area contributed by atoms with E-state index in [0.29, 0.717) is 11.4 Å². The molecule has 2 heterocycles. The minimum Gasteiger partial charge on any atom is -0.507 e. The van der Waals surface area contributed by atoms with Crippen molar-refractivity contribution in [3.05, 3.63) is 119 Å². The van der Waals surface area contributed by atoms with Crippen LogP contribution in [0.15, 0.2) is 91.1 Å². The molecule has 2 aromatic heterocycles. The van der Waals surface area contributed by atoms with Crippen LogP contribution in [-0.4, -0.2) is 19.6 Å². The van der Waals surface area contributed by atoms with Gasteiger partial charge in [-0.05, 0) is 62.6 Å². The number of nitrogens with zero attached hydrogens (tertiary/aromatic N) is 3. The molecule has 0 aliphatic carbocycles. The van der Waals surface area contributed by atoms with Crippen molar-refractivity contribution in [3.63, 3.8) is 0 Å². The number of phenolic OH excluding ortho intramolecular Hbond substituents is 1. The predicted octanol–water partition coefficient (Wildman–Crippen LogP) is 12.1. The van der Waals surface area contributed by atoms with Gasteiger partial charge in [-0.1, -0.05) is 143 Å². The fourth-order valence-corrected chi connectivity index (χ4v) is 6.71. The number of rotatable bonds is 4. The maximum Gasteiger partial charge on any atom is 0.148 e. The number of para-hydroxylation sites is 3. The molecule has 0 bridgehead atoms. The van der Waals surface area contributed by atoms with Gasteiger partial charge in [0.1, 0.15) is 11.6 Å². The van der Waals surface area contributed by atoms with E-state index in [2.05, 4.69) is 154 Å². The van der Waals surface area contributed by atoms with Crippen molar-refractivity contribution >= 4 is 11.0 Å². The van der Waals surface area contributed by atoms with Crippen LogP contribution in [-0.2, 0) is 42.7 Å². The molecular weight excluding hydrogens is 806 g/mol. The average molecular weight is 858 g/mol. The Morgan fingerprint density at radius 2 is 1.16 bits per heavy atom. The fraction of sp³-hybridized carbons (Fsp3) is 0.348. The summed E-state index contributed by atoms with van der Waals surface area (Å²) in [6, 6.07) is 33.2. The second-order valence-electron chi connectivity index (χ2n) is 17.8. The van der Waals surface area contributed by atoms with Gasteiger partial charge >= 0.3 is 0 Å². The van der Waals surface area contributed by atoms with E-state index >= 15 is 0 Å². The zero-order valence-corrected chi connectivity index (χ0v) is 34.5. The van der Waals surface area contributed by atoms with Gasteiger partial charge in [0.05, 0.1) is 22.3 Å². The smallest absolute Gasteiger partial charge is 0.148 e. The van der Waals surface area contributed by atoms with Crippen LogP contribution >= 0.6 is 0 Å². The van der Waals surface area contributed by atoms with Crippen molar-refractivity contribution in [3.8, 4) is 45.2 Å². The Bertz CT molecular complexity index is 2180. The van der Waals surface area contributed by atoms with Crippen LogP contribution in [0.2, 0.25) is 0 Å². The molecule has 4 aromatic carbocycles. The van der Waals surface area contributed by atoms with Crippen molar-refractivity contribution in [2.24, 2.45) is 0 Å². The van der Waals surface area contributed by atoms with Gasteiger partial charge in [-0.25, -0.2) is 4.98 Å². The van der Waals surface area contributed by atoms with Crippen LogP contribution in [0, 0.1) is 6.07 Å². The van der Waals surface area contributed by atoms with E-state index in [4.69, 9.17) is 9.97 Å². The van der Waals surface area contributed by atoms with Crippen molar-refractivity contribution in [1.29, 1.82) is 0 Å². The Morgan fingerprint density at radius 1 is 0.588 bits per heavy atom.